The molecule has 2 heterocycles. The van der Waals surface area contributed by atoms with E-state index in [9.17, 15) is 9.59 Å². The van der Waals surface area contributed by atoms with E-state index in [0.29, 0.717) is 0 Å². The molecule has 1 aliphatic heterocycles. The summed E-state index contributed by atoms with van der Waals surface area (Å²) in [7, 11) is 0. The van der Waals surface area contributed by atoms with Gasteiger partial charge < -0.3 is 10.2 Å². The average molecular weight is 450 g/mol. The first-order chi connectivity index (χ1) is 14.9. The molecule has 0 bridgehead atoms. The molecule has 5 nitrogen and oxygen atoms in total. The van der Waals surface area contributed by atoms with Crippen molar-refractivity contribution in [3.63, 3.8) is 0 Å². The van der Waals surface area contributed by atoms with E-state index in [4.69, 9.17) is 0 Å². The first kappa shape index (κ1) is 21.3. The third-order valence-electron chi connectivity index (χ3n) is 5.12. The van der Waals surface area contributed by atoms with Crippen LogP contribution in [0, 0.1) is 13.8 Å². The monoisotopic (exact) mass is 449 g/mol. The van der Waals surface area contributed by atoms with Crippen molar-refractivity contribution in [3.8, 4) is 0 Å². The van der Waals surface area contributed by atoms with Crippen molar-refractivity contribution in [1.82, 2.24) is 9.88 Å². The average Bonchev–Trinajstić information content (AvgIpc) is 3.14. The Morgan fingerprint density at radius 1 is 1.19 bits per heavy atom. The lowest BCUT2D eigenvalue weighted by Crippen LogP contribution is -2.33. The zero-order valence-corrected chi connectivity index (χ0v) is 19.2. The van der Waals surface area contributed by atoms with Gasteiger partial charge in [0.05, 0.1) is 12.5 Å². The second-order valence-corrected chi connectivity index (χ2v) is 9.65. The lowest BCUT2D eigenvalue weighted by atomic mass is 9.93. The number of rotatable bonds is 5. The Bertz CT molecular complexity index is 1170. The predicted octanol–water partition coefficient (Wildman–Crippen LogP) is 5.81. The summed E-state index contributed by atoms with van der Waals surface area (Å²) in [5.41, 5.74) is 4.80. The number of benzene rings is 2. The van der Waals surface area contributed by atoms with Gasteiger partial charge in [-0.25, -0.2) is 4.98 Å². The zero-order valence-electron chi connectivity index (χ0n) is 17.6. The zero-order chi connectivity index (χ0) is 22.0. The highest BCUT2D eigenvalue weighted by Crippen LogP contribution is 2.34. The molecule has 3 aromatic rings. The summed E-state index contributed by atoms with van der Waals surface area (Å²) < 4.78 is 1.00. The van der Waals surface area contributed by atoms with Crippen molar-refractivity contribution < 1.29 is 9.59 Å². The maximum absolute atomic E-state index is 12.9. The van der Waals surface area contributed by atoms with Crippen LogP contribution in [0.3, 0.4) is 0 Å². The number of thiazole rings is 1. The van der Waals surface area contributed by atoms with Crippen LogP contribution < -0.4 is 5.32 Å². The molecule has 1 N–H and O–H groups in total. The van der Waals surface area contributed by atoms with Crippen LogP contribution in [0.1, 0.15) is 41.8 Å². The van der Waals surface area contributed by atoms with Crippen molar-refractivity contribution in [1.29, 1.82) is 0 Å². The van der Waals surface area contributed by atoms with E-state index in [1.807, 2.05) is 61.7 Å². The number of anilines is 1. The van der Waals surface area contributed by atoms with Crippen LogP contribution >= 0.6 is 23.1 Å². The summed E-state index contributed by atoms with van der Waals surface area (Å²) in [6, 6.07) is 13.5. The summed E-state index contributed by atoms with van der Waals surface area (Å²) in [5.74, 6) is -0.209. The normalized spacial score (nSPS) is 14.9. The fraction of sp³-hybridized carbons (Fsp3) is 0.208. The Kier molecular flexibility index (Phi) is 6.25. The van der Waals surface area contributed by atoms with Crippen LogP contribution in [0.25, 0.3) is 6.08 Å². The molecule has 4 rings (SSSR count). The second kappa shape index (κ2) is 9.08. The van der Waals surface area contributed by atoms with Gasteiger partial charge in [-0.3, -0.25) is 9.59 Å². The molecular formula is C24H23N3O2S2. The van der Waals surface area contributed by atoms with Crippen LogP contribution in [0.5, 0.6) is 0 Å². The number of hydrogen-bond donors (Lipinski definition) is 1. The molecule has 1 aromatic heterocycles. The van der Waals surface area contributed by atoms with Crippen molar-refractivity contribution in [2.45, 2.75) is 42.5 Å². The van der Waals surface area contributed by atoms with E-state index < -0.39 is 0 Å². The Hall–Kier alpha value is -2.90. The highest BCUT2D eigenvalue weighted by atomic mass is 32.2. The number of carbonyl (C=O) groups excluding carboxylic acids is 2. The largest absolute Gasteiger partial charge is 0.326 e. The first-order valence-corrected chi connectivity index (χ1v) is 11.7. The molecule has 1 atom stereocenters. The van der Waals surface area contributed by atoms with E-state index in [1.165, 1.54) is 6.92 Å². The maximum atomic E-state index is 12.9. The van der Waals surface area contributed by atoms with E-state index in [0.717, 1.165) is 37.3 Å². The molecule has 0 fully saturated rings. The molecule has 0 spiro atoms. The number of hydrogen-bond acceptors (Lipinski definition) is 5. The summed E-state index contributed by atoms with van der Waals surface area (Å²) in [4.78, 5) is 32.2. The molecule has 0 saturated heterocycles. The lowest BCUT2D eigenvalue weighted by Gasteiger charge is -2.32. The number of amides is 2. The van der Waals surface area contributed by atoms with E-state index >= 15 is 0 Å². The number of fused-ring (bicyclic) bond motifs is 1. The van der Waals surface area contributed by atoms with Crippen LogP contribution in [0.15, 0.2) is 63.3 Å². The van der Waals surface area contributed by atoms with Gasteiger partial charge in [0.25, 0.3) is 0 Å². The molecule has 0 saturated carbocycles. The predicted molar refractivity (Wildman–Crippen MR) is 126 cm³/mol. The highest BCUT2D eigenvalue weighted by molar-refractivity contribution is 8.01. The first-order valence-electron chi connectivity index (χ1n) is 9.97. The number of nitrogens with zero attached hydrogens (tertiary/aromatic N) is 2. The summed E-state index contributed by atoms with van der Waals surface area (Å²) in [6.45, 7) is 5.49. The van der Waals surface area contributed by atoms with Crippen molar-refractivity contribution >= 4 is 46.7 Å². The van der Waals surface area contributed by atoms with Gasteiger partial charge in [0.2, 0.25) is 11.8 Å². The minimum absolute atomic E-state index is 0.0847. The van der Waals surface area contributed by atoms with Crippen molar-refractivity contribution in [3.05, 3.63) is 76.4 Å². The van der Waals surface area contributed by atoms with Crippen LogP contribution in [-0.2, 0) is 9.59 Å². The molecule has 7 heteroatoms. The topological polar surface area (TPSA) is 62.3 Å². The SMILES string of the molecule is CC(=O)N1C=Cc2ccccc2C1CC(=O)Nc1ccc(Sc2nc(C)cs2)cc1C. The summed E-state index contributed by atoms with van der Waals surface area (Å²) in [6.07, 6.45) is 3.87. The van der Waals surface area contributed by atoms with E-state index in [-0.39, 0.29) is 24.3 Å². The van der Waals surface area contributed by atoms with Crippen molar-refractivity contribution in [2.75, 3.05) is 5.32 Å². The number of aromatic nitrogens is 1. The van der Waals surface area contributed by atoms with Gasteiger partial charge in [-0.1, -0.05) is 36.0 Å². The molecule has 158 valence electrons. The second-order valence-electron chi connectivity index (χ2n) is 7.47. The summed E-state index contributed by atoms with van der Waals surface area (Å²) in [5, 5.41) is 5.05. The van der Waals surface area contributed by atoms with E-state index in [1.54, 1.807) is 34.2 Å². The van der Waals surface area contributed by atoms with Crippen LogP contribution in [0.4, 0.5) is 5.69 Å². The highest BCUT2D eigenvalue weighted by Gasteiger charge is 2.28. The summed E-state index contributed by atoms with van der Waals surface area (Å²) >= 11 is 3.24. The molecular weight excluding hydrogens is 426 g/mol. The third-order valence-corrected chi connectivity index (χ3v) is 7.17. The van der Waals surface area contributed by atoms with Crippen LogP contribution in [-0.4, -0.2) is 21.7 Å². The standard InChI is InChI=1S/C24H23N3O2S2/c1-15-12-19(31-24-25-16(2)14-30-24)8-9-21(15)26-23(29)13-22-20-7-5-4-6-18(20)10-11-27(22)17(3)28/h4-12,14,22H,13H2,1-3H3,(H,26,29). The third kappa shape index (κ3) is 4.89. The molecule has 1 unspecified atom stereocenters. The van der Waals surface area contributed by atoms with Gasteiger partial charge in [0.1, 0.15) is 0 Å². The number of aryl methyl sites for hydroxylation is 2. The minimum atomic E-state index is -0.318. The van der Waals surface area contributed by atoms with Gasteiger partial charge in [0.15, 0.2) is 4.34 Å². The Balaban J connectivity index is 1.47. The van der Waals surface area contributed by atoms with Gasteiger partial charge >= 0.3 is 0 Å². The molecule has 2 aromatic carbocycles. The minimum Gasteiger partial charge on any atom is -0.326 e. The smallest absolute Gasteiger partial charge is 0.226 e. The quantitative estimate of drug-likeness (QED) is 0.534. The van der Waals surface area contributed by atoms with E-state index in [2.05, 4.69) is 16.4 Å². The Morgan fingerprint density at radius 3 is 2.71 bits per heavy atom. The number of nitrogens with one attached hydrogen (secondary N) is 1. The fourth-order valence-electron chi connectivity index (χ4n) is 3.61. The van der Waals surface area contributed by atoms with Gasteiger partial charge in [-0.2, -0.15) is 0 Å². The van der Waals surface area contributed by atoms with Gasteiger partial charge in [0, 0.05) is 34.8 Å². The maximum Gasteiger partial charge on any atom is 0.226 e. The van der Waals surface area contributed by atoms with Gasteiger partial charge in [-0.05, 0) is 54.8 Å². The Labute approximate surface area is 190 Å². The molecule has 0 aliphatic carbocycles. The number of carbonyl (C=O) groups is 2. The molecule has 31 heavy (non-hydrogen) atoms. The van der Waals surface area contributed by atoms with Crippen molar-refractivity contribution in [2.24, 2.45) is 0 Å². The molecule has 0 radical (unpaired) electrons. The van der Waals surface area contributed by atoms with Gasteiger partial charge in [-0.15, -0.1) is 11.3 Å². The molecule has 1 aliphatic rings. The lowest BCUT2D eigenvalue weighted by molar-refractivity contribution is -0.129. The van der Waals surface area contributed by atoms with Crippen LogP contribution in [0.2, 0.25) is 0 Å². The molecule has 2 amide bonds. The fourth-order valence-corrected chi connectivity index (χ4v) is 5.52. The Morgan fingerprint density at radius 2 is 2.00 bits per heavy atom.